The number of nitrogens with one attached hydrogen (secondary N) is 6. The zero-order valence-electron chi connectivity index (χ0n) is 42.2. The second kappa shape index (κ2) is 21.1. The molecule has 1 fully saturated rings. The summed E-state index contributed by atoms with van der Waals surface area (Å²) >= 11 is 0. The number of nitrogens with zero attached hydrogens (tertiary/aromatic N) is 2. The lowest BCUT2D eigenvalue weighted by atomic mass is 9.83. The van der Waals surface area contributed by atoms with Crippen LogP contribution in [0.2, 0.25) is 0 Å². The fourth-order valence-electron chi connectivity index (χ4n) is 10.3. The van der Waals surface area contributed by atoms with Gasteiger partial charge in [-0.1, -0.05) is 102 Å². The SMILES string of the molecule is CNC(C)C(=O)NC(C(=O)N1CC(c2ccc3c(c2)CN(C(=O)C(NC(=O)C(C)NC)C(C)(C)C)C(C(=O)NC2CCOc4ccccc42)C3)CC1C(=O)NC1CCCc2ccccc21)C(C)(C)C. The van der Waals surface area contributed by atoms with Crippen molar-refractivity contribution < 1.29 is 33.5 Å². The van der Waals surface area contributed by atoms with Crippen LogP contribution < -0.4 is 36.6 Å². The zero-order valence-corrected chi connectivity index (χ0v) is 42.2. The summed E-state index contributed by atoms with van der Waals surface area (Å²) < 4.78 is 5.89. The number of rotatable bonds is 13. The van der Waals surface area contributed by atoms with Gasteiger partial charge in [0.2, 0.25) is 35.4 Å². The summed E-state index contributed by atoms with van der Waals surface area (Å²) in [6.45, 7) is 15.6. The first-order valence-electron chi connectivity index (χ1n) is 24.8. The lowest BCUT2D eigenvalue weighted by molar-refractivity contribution is -0.147. The van der Waals surface area contributed by atoms with Gasteiger partial charge in [0.25, 0.3) is 0 Å². The maximum atomic E-state index is 15.1. The number of likely N-dealkylation sites (N-methyl/N-ethyl adjacent to an activating group) is 2. The van der Waals surface area contributed by atoms with Crippen molar-refractivity contribution in [1.82, 2.24) is 41.7 Å². The average Bonchev–Trinajstić information content (AvgIpc) is 3.79. The first kappa shape index (κ1) is 51.1. The van der Waals surface area contributed by atoms with Gasteiger partial charge in [0.05, 0.1) is 30.8 Å². The third-order valence-electron chi connectivity index (χ3n) is 14.7. The number of para-hydroxylation sites is 1. The first-order chi connectivity index (χ1) is 32.7. The number of benzene rings is 3. The van der Waals surface area contributed by atoms with Gasteiger partial charge in [0.15, 0.2) is 0 Å². The maximum absolute atomic E-state index is 15.1. The molecule has 0 radical (unpaired) electrons. The molecule has 7 rings (SSSR count). The van der Waals surface area contributed by atoms with E-state index in [-0.39, 0.29) is 73.0 Å². The van der Waals surface area contributed by atoms with Crippen LogP contribution in [0.3, 0.4) is 0 Å². The molecule has 1 aliphatic carbocycles. The number of ether oxygens (including phenoxy) is 1. The Bertz CT molecular complexity index is 2410. The van der Waals surface area contributed by atoms with E-state index in [9.17, 15) is 24.0 Å². The van der Waals surface area contributed by atoms with E-state index >= 15 is 4.79 Å². The molecule has 3 aromatic carbocycles. The molecule has 6 amide bonds. The van der Waals surface area contributed by atoms with Crippen LogP contribution in [0.15, 0.2) is 66.7 Å². The summed E-state index contributed by atoms with van der Waals surface area (Å²) in [5.41, 5.74) is 4.41. The smallest absolute Gasteiger partial charge is 0.246 e. The number of carbonyl (C=O) groups is 6. The quantitative estimate of drug-likeness (QED) is 0.141. The molecule has 6 N–H and O–H groups in total. The molecule has 15 heteroatoms. The minimum absolute atomic E-state index is 0.0939. The van der Waals surface area contributed by atoms with Gasteiger partial charge < -0.3 is 46.4 Å². The lowest BCUT2D eigenvalue weighted by Crippen LogP contribution is -2.62. The van der Waals surface area contributed by atoms with Gasteiger partial charge in [0.1, 0.15) is 29.9 Å². The van der Waals surface area contributed by atoms with Crippen molar-refractivity contribution in [2.24, 2.45) is 10.8 Å². The highest BCUT2D eigenvalue weighted by Gasteiger charge is 2.47. The molecule has 4 aliphatic rings. The van der Waals surface area contributed by atoms with Crippen molar-refractivity contribution in [3.8, 4) is 5.75 Å². The van der Waals surface area contributed by atoms with E-state index in [0.717, 1.165) is 47.1 Å². The number of fused-ring (bicyclic) bond motifs is 3. The van der Waals surface area contributed by atoms with Crippen molar-refractivity contribution >= 4 is 35.4 Å². The van der Waals surface area contributed by atoms with E-state index in [1.54, 1.807) is 37.7 Å². The third kappa shape index (κ3) is 11.3. The summed E-state index contributed by atoms with van der Waals surface area (Å²) in [4.78, 5) is 89.4. The summed E-state index contributed by atoms with van der Waals surface area (Å²) in [6, 6.07) is 16.7. The van der Waals surface area contributed by atoms with E-state index in [1.807, 2.05) is 90.1 Å². The summed E-state index contributed by atoms with van der Waals surface area (Å²) in [5, 5.41) is 18.5. The second-order valence-electron chi connectivity index (χ2n) is 21.7. The van der Waals surface area contributed by atoms with Crippen molar-refractivity contribution in [3.05, 3.63) is 100 Å². The van der Waals surface area contributed by atoms with Crippen molar-refractivity contribution in [3.63, 3.8) is 0 Å². The Hall–Kier alpha value is -5.80. The highest BCUT2D eigenvalue weighted by molar-refractivity contribution is 5.95. The highest BCUT2D eigenvalue weighted by Crippen LogP contribution is 2.39. The second-order valence-corrected chi connectivity index (χ2v) is 21.7. The Kier molecular flexibility index (Phi) is 15.6. The Balaban J connectivity index is 1.22. The topological polar surface area (TPSA) is 190 Å². The number of hydrogen-bond acceptors (Lipinski definition) is 9. The predicted molar refractivity (Wildman–Crippen MR) is 265 cm³/mol. The molecule has 0 aromatic heterocycles. The Morgan fingerprint density at radius 2 is 1.22 bits per heavy atom. The third-order valence-corrected chi connectivity index (χ3v) is 14.7. The molecule has 15 nitrogen and oxygen atoms in total. The van der Waals surface area contributed by atoms with E-state index < -0.39 is 47.1 Å². The fourth-order valence-corrected chi connectivity index (χ4v) is 10.3. The van der Waals surface area contributed by atoms with Crippen LogP contribution in [0, 0.1) is 10.8 Å². The average molecular weight is 947 g/mol. The largest absolute Gasteiger partial charge is 0.493 e. The minimum atomic E-state index is -0.957. The Labute approximate surface area is 408 Å². The van der Waals surface area contributed by atoms with E-state index in [4.69, 9.17) is 4.74 Å². The number of hydrogen-bond donors (Lipinski definition) is 6. The van der Waals surface area contributed by atoms with Gasteiger partial charge in [-0.3, -0.25) is 28.8 Å². The van der Waals surface area contributed by atoms with Gasteiger partial charge in [-0.25, -0.2) is 0 Å². The molecule has 3 aromatic rings. The molecule has 372 valence electrons. The van der Waals surface area contributed by atoms with Gasteiger partial charge in [-0.2, -0.15) is 0 Å². The standard InChI is InChI=1S/C54H74N8O7/c1-31(55-9)47(63)59-45(53(3,4)5)51(67)61-29-36-26-34(22-23-35(36)27-42(61)49(65)58-41-24-25-69-44-21-14-13-19-39(41)44)37-28-43(50(66)57-40-20-15-17-33-16-11-12-18-38(33)40)62(30-37)52(68)46(54(6,7)8)60-48(64)32(2)56-10/h11-14,16,18-19,21-23,26,31-32,37,40-43,45-46,55-56H,15,17,20,24-25,27-30H2,1-10H3,(H,57,66)(H,58,65)(H,59,63)(H,60,64). The summed E-state index contributed by atoms with van der Waals surface area (Å²) in [7, 11) is 3.37. The number of amides is 6. The molecule has 9 unspecified atom stereocenters. The van der Waals surface area contributed by atoms with Crippen molar-refractivity contribution in [1.29, 1.82) is 0 Å². The van der Waals surface area contributed by atoms with Gasteiger partial charge in [0, 0.05) is 37.4 Å². The molecular formula is C54H74N8O7. The fraction of sp³-hybridized carbons (Fsp3) is 0.556. The molecule has 0 bridgehead atoms. The van der Waals surface area contributed by atoms with Crippen LogP contribution >= 0.6 is 0 Å². The first-order valence-corrected chi connectivity index (χ1v) is 24.8. The molecule has 1 saturated heterocycles. The lowest BCUT2D eigenvalue weighted by Gasteiger charge is -2.42. The monoisotopic (exact) mass is 947 g/mol. The number of aryl methyl sites for hydroxylation is 1. The van der Waals surface area contributed by atoms with Gasteiger partial charge >= 0.3 is 0 Å². The van der Waals surface area contributed by atoms with E-state index in [2.05, 4.69) is 50.1 Å². The molecular weight excluding hydrogens is 873 g/mol. The normalized spacial score (nSPS) is 22.8. The molecule has 69 heavy (non-hydrogen) atoms. The van der Waals surface area contributed by atoms with Crippen molar-refractivity contribution in [2.75, 3.05) is 27.2 Å². The number of likely N-dealkylation sites (tertiary alicyclic amines) is 1. The van der Waals surface area contributed by atoms with Gasteiger partial charge in [-0.05, 0) is 98.3 Å². The Morgan fingerprint density at radius 1 is 0.652 bits per heavy atom. The molecule has 3 heterocycles. The Morgan fingerprint density at radius 3 is 1.84 bits per heavy atom. The molecule has 0 saturated carbocycles. The predicted octanol–water partition coefficient (Wildman–Crippen LogP) is 4.74. The summed E-state index contributed by atoms with van der Waals surface area (Å²) in [6.07, 6.45) is 3.79. The van der Waals surface area contributed by atoms with Crippen LogP contribution in [0.5, 0.6) is 5.75 Å². The summed E-state index contributed by atoms with van der Waals surface area (Å²) in [5.74, 6) is -1.45. The van der Waals surface area contributed by atoms with Crippen LogP contribution in [-0.4, -0.2) is 109 Å². The molecule has 9 atom stereocenters. The maximum Gasteiger partial charge on any atom is 0.246 e. The van der Waals surface area contributed by atoms with Crippen LogP contribution in [-0.2, 0) is 48.2 Å². The van der Waals surface area contributed by atoms with Crippen LogP contribution in [0.25, 0.3) is 0 Å². The highest BCUT2D eigenvalue weighted by atomic mass is 16.5. The minimum Gasteiger partial charge on any atom is -0.493 e. The van der Waals surface area contributed by atoms with E-state index in [1.165, 1.54) is 5.56 Å². The molecule has 0 spiro atoms. The zero-order chi connectivity index (χ0) is 49.9. The van der Waals surface area contributed by atoms with Crippen LogP contribution in [0.4, 0.5) is 0 Å². The molecule has 3 aliphatic heterocycles. The van der Waals surface area contributed by atoms with Crippen molar-refractivity contribution in [2.45, 2.75) is 155 Å². The van der Waals surface area contributed by atoms with Gasteiger partial charge in [-0.15, -0.1) is 0 Å². The number of carbonyl (C=O) groups excluding carboxylic acids is 6. The van der Waals surface area contributed by atoms with Crippen LogP contribution in [0.1, 0.15) is 132 Å². The van der Waals surface area contributed by atoms with E-state index in [0.29, 0.717) is 25.2 Å².